The summed E-state index contributed by atoms with van der Waals surface area (Å²) in [6.45, 7) is 1.74. The van der Waals surface area contributed by atoms with Crippen LogP contribution >= 0.6 is 11.3 Å². The van der Waals surface area contributed by atoms with E-state index in [0.29, 0.717) is 0 Å². The maximum Gasteiger partial charge on any atom is 0.183 e. The molecule has 2 aromatic rings. The molecule has 0 saturated carbocycles. The molecule has 5 heteroatoms. The quantitative estimate of drug-likeness (QED) is 0.753. The zero-order valence-corrected chi connectivity index (χ0v) is 11.1. The van der Waals surface area contributed by atoms with Gasteiger partial charge in [0.15, 0.2) is 5.13 Å². The molecule has 0 amide bonds. The van der Waals surface area contributed by atoms with Crippen molar-refractivity contribution in [3.05, 3.63) is 29.9 Å². The molecule has 0 atom stereocenters. The fourth-order valence-corrected chi connectivity index (χ4v) is 2.39. The summed E-state index contributed by atoms with van der Waals surface area (Å²) >= 11 is 1.63. The van der Waals surface area contributed by atoms with E-state index in [1.807, 2.05) is 18.3 Å². The summed E-state index contributed by atoms with van der Waals surface area (Å²) in [6.07, 6.45) is 7.01. The van der Waals surface area contributed by atoms with Crippen LogP contribution in [0.15, 0.2) is 29.9 Å². The highest BCUT2D eigenvalue weighted by atomic mass is 32.1. The third kappa shape index (κ3) is 3.78. The number of hydrogen-bond donors (Lipinski definition) is 2. The number of pyridine rings is 1. The average Bonchev–Trinajstić information content (AvgIpc) is 2.88. The molecule has 0 bridgehead atoms. The summed E-state index contributed by atoms with van der Waals surface area (Å²) in [5.41, 5.74) is 7.50. The van der Waals surface area contributed by atoms with Gasteiger partial charge in [-0.05, 0) is 31.5 Å². The van der Waals surface area contributed by atoms with Gasteiger partial charge in [-0.1, -0.05) is 6.42 Å². The first-order valence-electron chi connectivity index (χ1n) is 6.20. The average molecular weight is 262 g/mol. The van der Waals surface area contributed by atoms with Gasteiger partial charge in [-0.25, -0.2) is 4.98 Å². The molecule has 18 heavy (non-hydrogen) atoms. The number of nitrogens with two attached hydrogens (primary N) is 1. The molecule has 0 fully saturated rings. The molecule has 0 saturated heterocycles. The third-order valence-electron chi connectivity index (χ3n) is 2.62. The van der Waals surface area contributed by atoms with Crippen LogP contribution in [0.4, 0.5) is 5.13 Å². The fourth-order valence-electron chi connectivity index (χ4n) is 1.64. The molecule has 2 rings (SSSR count). The Morgan fingerprint density at radius 2 is 2.22 bits per heavy atom. The van der Waals surface area contributed by atoms with Gasteiger partial charge in [0.25, 0.3) is 0 Å². The summed E-state index contributed by atoms with van der Waals surface area (Å²) < 4.78 is 0. The van der Waals surface area contributed by atoms with Crippen LogP contribution < -0.4 is 11.1 Å². The lowest BCUT2D eigenvalue weighted by atomic mass is 10.2. The van der Waals surface area contributed by atoms with Crippen LogP contribution in [0.3, 0.4) is 0 Å². The van der Waals surface area contributed by atoms with E-state index in [4.69, 9.17) is 5.73 Å². The van der Waals surface area contributed by atoms with Crippen LogP contribution in [-0.2, 0) is 0 Å². The lowest BCUT2D eigenvalue weighted by Crippen LogP contribution is -2.03. The molecule has 0 unspecified atom stereocenters. The molecule has 4 nitrogen and oxygen atoms in total. The van der Waals surface area contributed by atoms with Crippen molar-refractivity contribution >= 4 is 16.5 Å². The van der Waals surface area contributed by atoms with E-state index >= 15 is 0 Å². The Bertz CT molecular complexity index is 455. The van der Waals surface area contributed by atoms with E-state index in [1.54, 1.807) is 17.5 Å². The molecular weight excluding hydrogens is 244 g/mol. The second kappa shape index (κ2) is 7.08. The number of rotatable bonds is 7. The summed E-state index contributed by atoms with van der Waals surface area (Å²) in [7, 11) is 0. The Labute approximate surface area is 111 Å². The van der Waals surface area contributed by atoms with E-state index in [2.05, 4.69) is 20.7 Å². The topological polar surface area (TPSA) is 63.8 Å². The van der Waals surface area contributed by atoms with Gasteiger partial charge in [-0.2, -0.15) is 0 Å². The van der Waals surface area contributed by atoms with E-state index < -0.39 is 0 Å². The van der Waals surface area contributed by atoms with Gasteiger partial charge < -0.3 is 11.1 Å². The van der Waals surface area contributed by atoms with Crippen molar-refractivity contribution < 1.29 is 0 Å². The van der Waals surface area contributed by atoms with Gasteiger partial charge in [0.1, 0.15) is 0 Å². The van der Waals surface area contributed by atoms with Crippen molar-refractivity contribution in [1.29, 1.82) is 0 Å². The molecule has 0 aliphatic heterocycles. The smallest absolute Gasteiger partial charge is 0.183 e. The Balaban J connectivity index is 1.83. The van der Waals surface area contributed by atoms with Crippen LogP contribution in [0.25, 0.3) is 11.3 Å². The maximum absolute atomic E-state index is 5.45. The number of nitrogens with one attached hydrogen (secondary N) is 1. The van der Waals surface area contributed by atoms with Crippen LogP contribution in [0, 0.1) is 0 Å². The minimum atomic E-state index is 0.780. The maximum atomic E-state index is 5.45. The highest BCUT2D eigenvalue weighted by molar-refractivity contribution is 7.14. The minimum Gasteiger partial charge on any atom is -0.362 e. The molecule has 2 aromatic heterocycles. The number of hydrogen-bond acceptors (Lipinski definition) is 5. The predicted molar refractivity (Wildman–Crippen MR) is 76.7 cm³/mol. The molecule has 0 aliphatic carbocycles. The van der Waals surface area contributed by atoms with E-state index in [1.165, 1.54) is 6.42 Å². The van der Waals surface area contributed by atoms with Crippen molar-refractivity contribution in [2.45, 2.75) is 19.3 Å². The predicted octanol–water partition coefficient (Wildman–Crippen LogP) is 2.75. The highest BCUT2D eigenvalue weighted by Crippen LogP contribution is 2.23. The lowest BCUT2D eigenvalue weighted by Gasteiger charge is -2.01. The number of thiazole rings is 1. The first-order chi connectivity index (χ1) is 8.90. The van der Waals surface area contributed by atoms with Gasteiger partial charge in [0.05, 0.1) is 5.69 Å². The minimum absolute atomic E-state index is 0.780. The fraction of sp³-hybridized carbons (Fsp3) is 0.385. The number of unbranched alkanes of at least 4 members (excludes halogenated alkanes) is 2. The summed E-state index contributed by atoms with van der Waals surface area (Å²) in [6, 6.07) is 3.95. The van der Waals surface area contributed by atoms with Crippen molar-refractivity contribution in [2.75, 3.05) is 18.4 Å². The normalized spacial score (nSPS) is 10.5. The van der Waals surface area contributed by atoms with Crippen LogP contribution in [0.1, 0.15) is 19.3 Å². The Morgan fingerprint density at radius 1 is 1.28 bits per heavy atom. The Morgan fingerprint density at radius 3 is 3.00 bits per heavy atom. The lowest BCUT2D eigenvalue weighted by molar-refractivity contribution is 0.707. The number of aromatic nitrogens is 2. The number of nitrogens with zero attached hydrogens (tertiary/aromatic N) is 2. The van der Waals surface area contributed by atoms with Crippen molar-refractivity contribution in [1.82, 2.24) is 9.97 Å². The van der Waals surface area contributed by atoms with Gasteiger partial charge in [0.2, 0.25) is 0 Å². The number of anilines is 1. The van der Waals surface area contributed by atoms with Gasteiger partial charge in [0, 0.05) is 29.9 Å². The molecule has 0 aliphatic rings. The molecule has 96 valence electrons. The monoisotopic (exact) mass is 262 g/mol. The summed E-state index contributed by atoms with van der Waals surface area (Å²) in [5, 5.41) is 6.37. The van der Waals surface area contributed by atoms with Gasteiger partial charge in [-0.3, -0.25) is 4.98 Å². The van der Waals surface area contributed by atoms with Gasteiger partial charge >= 0.3 is 0 Å². The molecule has 3 N–H and O–H groups in total. The largest absolute Gasteiger partial charge is 0.362 e. The second-order valence-corrected chi connectivity index (χ2v) is 4.91. The van der Waals surface area contributed by atoms with Crippen LogP contribution in [0.5, 0.6) is 0 Å². The Kier molecular flexibility index (Phi) is 5.11. The van der Waals surface area contributed by atoms with Gasteiger partial charge in [-0.15, -0.1) is 11.3 Å². The second-order valence-electron chi connectivity index (χ2n) is 4.06. The van der Waals surface area contributed by atoms with E-state index in [-0.39, 0.29) is 0 Å². The highest BCUT2D eigenvalue weighted by Gasteiger charge is 2.03. The molecule has 0 aromatic carbocycles. The molecule has 0 radical (unpaired) electrons. The molecular formula is C13H18N4S. The first-order valence-corrected chi connectivity index (χ1v) is 7.08. The summed E-state index contributed by atoms with van der Waals surface area (Å²) in [5.74, 6) is 0. The van der Waals surface area contributed by atoms with Crippen molar-refractivity contribution in [3.63, 3.8) is 0 Å². The Hall–Kier alpha value is -1.46. The standard InChI is InChI=1S/C13H18N4S/c14-6-2-1-3-8-16-13-17-12(10-18-13)11-5-4-7-15-9-11/h4-5,7,9-10H,1-3,6,8,14H2,(H,16,17). The van der Waals surface area contributed by atoms with Crippen LogP contribution in [-0.4, -0.2) is 23.1 Å². The van der Waals surface area contributed by atoms with Crippen LogP contribution in [0.2, 0.25) is 0 Å². The zero-order valence-electron chi connectivity index (χ0n) is 10.3. The molecule has 0 spiro atoms. The van der Waals surface area contributed by atoms with E-state index in [0.717, 1.165) is 42.3 Å². The third-order valence-corrected chi connectivity index (χ3v) is 3.42. The zero-order chi connectivity index (χ0) is 12.6. The van der Waals surface area contributed by atoms with Crippen molar-refractivity contribution in [3.8, 4) is 11.3 Å². The first kappa shape index (κ1) is 13.0. The summed E-state index contributed by atoms with van der Waals surface area (Å²) in [4.78, 5) is 8.64. The SMILES string of the molecule is NCCCCCNc1nc(-c2cccnc2)cs1. The molecule has 2 heterocycles. The van der Waals surface area contributed by atoms with E-state index in [9.17, 15) is 0 Å². The van der Waals surface area contributed by atoms with Crippen molar-refractivity contribution in [2.24, 2.45) is 5.73 Å².